The lowest BCUT2D eigenvalue weighted by Gasteiger charge is -2.03. The number of hydrogen-bond acceptors (Lipinski definition) is 4. The maximum Gasteiger partial charge on any atom is 0.259 e. The van der Waals surface area contributed by atoms with E-state index in [1.807, 2.05) is 18.4 Å². The molecule has 0 bridgehead atoms. The van der Waals surface area contributed by atoms with Crippen LogP contribution in [0.4, 0.5) is 0 Å². The predicted octanol–water partition coefficient (Wildman–Crippen LogP) is 1.01. The number of aryl methyl sites for hydroxylation is 2. The summed E-state index contributed by atoms with van der Waals surface area (Å²) in [7, 11) is -3.48. The Balaban J connectivity index is 2.59. The summed E-state index contributed by atoms with van der Waals surface area (Å²) < 4.78 is 28.5. The van der Waals surface area contributed by atoms with E-state index in [0.29, 0.717) is 13.1 Å². The van der Waals surface area contributed by atoms with Crippen molar-refractivity contribution in [2.45, 2.75) is 51.1 Å². The summed E-state index contributed by atoms with van der Waals surface area (Å²) in [4.78, 5) is 4.11. The minimum atomic E-state index is -3.48. The number of rotatable bonds is 9. The fourth-order valence-corrected chi connectivity index (χ4v) is 2.88. The standard InChI is InChI=1S/C12H24N4O2S/c1-3-9-16-10-12(15-11(16)2)19(17,18)14-8-6-4-5-7-13/h10,14H,3-9,13H2,1-2H3. The highest BCUT2D eigenvalue weighted by molar-refractivity contribution is 7.89. The molecule has 0 saturated heterocycles. The van der Waals surface area contributed by atoms with Gasteiger partial charge in [0.2, 0.25) is 0 Å². The molecule has 0 aliphatic rings. The molecule has 0 saturated carbocycles. The Bertz CT molecular complexity index is 482. The van der Waals surface area contributed by atoms with Gasteiger partial charge in [0.05, 0.1) is 0 Å². The minimum absolute atomic E-state index is 0.109. The lowest BCUT2D eigenvalue weighted by molar-refractivity contribution is 0.571. The Kier molecular flexibility index (Phi) is 6.47. The molecule has 0 fully saturated rings. The van der Waals surface area contributed by atoms with Gasteiger partial charge in [-0.2, -0.15) is 0 Å². The Morgan fingerprint density at radius 1 is 1.37 bits per heavy atom. The van der Waals surface area contributed by atoms with Crippen LogP contribution in [-0.4, -0.2) is 31.1 Å². The first-order valence-electron chi connectivity index (χ1n) is 6.74. The molecule has 110 valence electrons. The zero-order chi connectivity index (χ0) is 14.3. The summed E-state index contributed by atoms with van der Waals surface area (Å²) in [5.74, 6) is 0.727. The fraction of sp³-hybridized carbons (Fsp3) is 0.750. The summed E-state index contributed by atoms with van der Waals surface area (Å²) in [5, 5.41) is 0.109. The van der Waals surface area contributed by atoms with Crippen LogP contribution in [0.5, 0.6) is 0 Å². The third-order valence-corrected chi connectivity index (χ3v) is 4.20. The van der Waals surface area contributed by atoms with Crippen molar-refractivity contribution in [1.29, 1.82) is 0 Å². The molecule has 3 N–H and O–H groups in total. The van der Waals surface area contributed by atoms with Gasteiger partial charge in [-0.1, -0.05) is 13.3 Å². The quantitative estimate of drug-likeness (QED) is 0.664. The second-order valence-corrected chi connectivity index (χ2v) is 6.28. The van der Waals surface area contributed by atoms with Crippen molar-refractivity contribution in [2.24, 2.45) is 5.73 Å². The van der Waals surface area contributed by atoms with Gasteiger partial charge in [0, 0.05) is 19.3 Å². The molecule has 0 aliphatic heterocycles. The first kappa shape index (κ1) is 16.1. The topological polar surface area (TPSA) is 90.0 Å². The largest absolute Gasteiger partial charge is 0.334 e. The van der Waals surface area contributed by atoms with Gasteiger partial charge in [0.1, 0.15) is 5.82 Å². The van der Waals surface area contributed by atoms with Gasteiger partial charge in [-0.25, -0.2) is 18.1 Å². The molecule has 7 heteroatoms. The van der Waals surface area contributed by atoms with Crippen molar-refractivity contribution in [1.82, 2.24) is 14.3 Å². The second-order valence-electron chi connectivity index (χ2n) is 4.57. The van der Waals surface area contributed by atoms with Crippen LogP contribution in [0.2, 0.25) is 0 Å². The number of imidazole rings is 1. The zero-order valence-electron chi connectivity index (χ0n) is 11.7. The van der Waals surface area contributed by atoms with Crippen molar-refractivity contribution < 1.29 is 8.42 Å². The van der Waals surface area contributed by atoms with Crippen LogP contribution in [0.15, 0.2) is 11.2 Å². The van der Waals surface area contributed by atoms with E-state index in [-0.39, 0.29) is 5.03 Å². The van der Waals surface area contributed by atoms with E-state index in [4.69, 9.17) is 5.73 Å². The van der Waals surface area contributed by atoms with Gasteiger partial charge >= 0.3 is 0 Å². The number of unbranched alkanes of at least 4 members (excludes halogenated alkanes) is 2. The summed E-state index contributed by atoms with van der Waals surface area (Å²) in [6.45, 7) is 5.72. The average molecular weight is 288 g/mol. The maximum absolute atomic E-state index is 12.0. The normalized spacial score (nSPS) is 11.9. The average Bonchev–Trinajstić information content (AvgIpc) is 2.72. The van der Waals surface area contributed by atoms with Crippen molar-refractivity contribution in [3.05, 3.63) is 12.0 Å². The van der Waals surface area contributed by atoms with E-state index in [1.165, 1.54) is 0 Å². The predicted molar refractivity (Wildman–Crippen MR) is 75.3 cm³/mol. The van der Waals surface area contributed by atoms with Gasteiger partial charge in [0.15, 0.2) is 5.03 Å². The van der Waals surface area contributed by atoms with Gasteiger partial charge < -0.3 is 10.3 Å². The lowest BCUT2D eigenvalue weighted by atomic mass is 10.2. The molecule has 1 aromatic rings. The van der Waals surface area contributed by atoms with E-state index < -0.39 is 10.0 Å². The highest BCUT2D eigenvalue weighted by atomic mass is 32.2. The number of aromatic nitrogens is 2. The molecule has 6 nitrogen and oxygen atoms in total. The highest BCUT2D eigenvalue weighted by Crippen LogP contribution is 2.09. The number of nitrogens with two attached hydrogens (primary N) is 1. The lowest BCUT2D eigenvalue weighted by Crippen LogP contribution is -2.25. The molecule has 0 unspecified atom stereocenters. The van der Waals surface area contributed by atoms with Crippen molar-refractivity contribution in [2.75, 3.05) is 13.1 Å². The summed E-state index contributed by atoms with van der Waals surface area (Å²) in [6, 6.07) is 0. The Hall–Kier alpha value is -0.920. The number of hydrogen-bond donors (Lipinski definition) is 2. The third kappa shape index (κ3) is 4.93. The molecule has 0 aliphatic carbocycles. The molecule has 1 rings (SSSR count). The summed E-state index contributed by atoms with van der Waals surface area (Å²) in [5.41, 5.74) is 5.38. The van der Waals surface area contributed by atoms with Crippen LogP contribution in [0.3, 0.4) is 0 Å². The molecule has 0 radical (unpaired) electrons. The van der Waals surface area contributed by atoms with Crippen molar-refractivity contribution in [3.8, 4) is 0 Å². The first-order chi connectivity index (χ1) is 9.01. The van der Waals surface area contributed by atoms with Crippen LogP contribution in [0.1, 0.15) is 38.4 Å². The van der Waals surface area contributed by atoms with E-state index in [2.05, 4.69) is 9.71 Å². The molecule has 1 heterocycles. The maximum atomic E-state index is 12.0. The molecule has 19 heavy (non-hydrogen) atoms. The second kappa shape index (κ2) is 7.62. The van der Waals surface area contributed by atoms with E-state index in [9.17, 15) is 8.42 Å². The Morgan fingerprint density at radius 2 is 2.11 bits per heavy atom. The van der Waals surface area contributed by atoms with Crippen molar-refractivity contribution in [3.63, 3.8) is 0 Å². The van der Waals surface area contributed by atoms with E-state index in [1.54, 1.807) is 6.20 Å². The van der Waals surface area contributed by atoms with Crippen LogP contribution < -0.4 is 10.5 Å². The van der Waals surface area contributed by atoms with Gasteiger partial charge in [-0.05, 0) is 32.7 Å². The summed E-state index contributed by atoms with van der Waals surface area (Å²) in [6.07, 6.45) is 5.20. The molecular formula is C12H24N4O2S. The van der Waals surface area contributed by atoms with E-state index >= 15 is 0 Å². The van der Waals surface area contributed by atoms with Crippen LogP contribution in [-0.2, 0) is 16.6 Å². The number of sulfonamides is 1. The Labute approximate surface area is 115 Å². The molecule has 0 amide bonds. The van der Waals surface area contributed by atoms with E-state index in [0.717, 1.165) is 38.1 Å². The van der Waals surface area contributed by atoms with Crippen LogP contribution >= 0.6 is 0 Å². The third-order valence-electron chi connectivity index (χ3n) is 2.87. The van der Waals surface area contributed by atoms with Gasteiger partial charge in [0.25, 0.3) is 10.0 Å². The number of nitrogens with zero attached hydrogens (tertiary/aromatic N) is 2. The molecule has 1 aromatic heterocycles. The molecular weight excluding hydrogens is 264 g/mol. The Morgan fingerprint density at radius 3 is 2.74 bits per heavy atom. The SMILES string of the molecule is CCCn1cc(S(=O)(=O)NCCCCCN)nc1C. The minimum Gasteiger partial charge on any atom is -0.334 e. The van der Waals surface area contributed by atoms with Crippen LogP contribution in [0.25, 0.3) is 0 Å². The smallest absolute Gasteiger partial charge is 0.259 e. The first-order valence-corrected chi connectivity index (χ1v) is 8.23. The zero-order valence-corrected chi connectivity index (χ0v) is 12.5. The summed E-state index contributed by atoms with van der Waals surface area (Å²) >= 11 is 0. The molecule has 0 spiro atoms. The highest BCUT2D eigenvalue weighted by Gasteiger charge is 2.18. The molecule has 0 aromatic carbocycles. The molecule has 0 atom stereocenters. The van der Waals surface area contributed by atoms with Crippen molar-refractivity contribution >= 4 is 10.0 Å². The monoisotopic (exact) mass is 288 g/mol. The van der Waals surface area contributed by atoms with Gasteiger partial charge in [-0.15, -0.1) is 0 Å². The number of nitrogens with one attached hydrogen (secondary N) is 1. The van der Waals surface area contributed by atoms with Gasteiger partial charge in [-0.3, -0.25) is 0 Å². The van der Waals surface area contributed by atoms with Crippen LogP contribution in [0, 0.1) is 6.92 Å². The fourth-order valence-electron chi connectivity index (χ4n) is 1.80.